The van der Waals surface area contributed by atoms with Gasteiger partial charge >= 0.3 is 0 Å². The maximum atomic E-state index is 6.12. The highest BCUT2D eigenvalue weighted by molar-refractivity contribution is 5.03. The molecule has 0 saturated carbocycles. The summed E-state index contributed by atoms with van der Waals surface area (Å²) < 4.78 is 5.60. The number of nitrogens with zero attached hydrogens (tertiary/aromatic N) is 1. The molecule has 2 N–H and O–H groups in total. The van der Waals surface area contributed by atoms with Gasteiger partial charge in [0.15, 0.2) is 0 Å². The van der Waals surface area contributed by atoms with Gasteiger partial charge in [-0.3, -0.25) is 4.98 Å². The Morgan fingerprint density at radius 2 is 2.35 bits per heavy atom. The summed E-state index contributed by atoms with van der Waals surface area (Å²) in [6, 6.07) is 6.31. The third-order valence-corrected chi connectivity index (χ3v) is 3.38. The largest absolute Gasteiger partial charge is 0.378 e. The van der Waals surface area contributed by atoms with Gasteiger partial charge in [-0.15, -0.1) is 0 Å². The monoisotopic (exact) mass is 234 g/mol. The quantitative estimate of drug-likeness (QED) is 0.821. The first kappa shape index (κ1) is 12.5. The number of rotatable bonds is 6. The summed E-state index contributed by atoms with van der Waals surface area (Å²) in [6.07, 6.45) is 8.92. The maximum absolute atomic E-state index is 6.12. The van der Waals surface area contributed by atoms with Crippen molar-refractivity contribution in [1.29, 1.82) is 0 Å². The van der Waals surface area contributed by atoms with E-state index in [2.05, 4.69) is 11.1 Å². The molecule has 1 aromatic rings. The van der Waals surface area contributed by atoms with Crippen molar-refractivity contribution in [3.8, 4) is 0 Å². The Bertz CT molecular complexity index is 309. The lowest BCUT2D eigenvalue weighted by molar-refractivity contribution is 0.100. The molecule has 94 valence electrons. The fraction of sp³-hybridized carbons (Fsp3) is 0.643. The summed E-state index contributed by atoms with van der Waals surface area (Å²) in [6.45, 7) is 0.938. The Hall–Kier alpha value is -0.930. The van der Waals surface area contributed by atoms with Crippen LogP contribution in [-0.2, 0) is 11.2 Å². The molecule has 0 amide bonds. The van der Waals surface area contributed by atoms with Crippen LogP contribution < -0.4 is 5.73 Å². The lowest BCUT2D eigenvalue weighted by Gasteiger charge is -2.14. The van der Waals surface area contributed by atoms with Crippen molar-refractivity contribution in [2.24, 2.45) is 5.73 Å². The highest BCUT2D eigenvalue weighted by Gasteiger charge is 2.16. The van der Waals surface area contributed by atoms with Gasteiger partial charge in [0.1, 0.15) is 0 Å². The van der Waals surface area contributed by atoms with Crippen molar-refractivity contribution in [3.05, 3.63) is 30.1 Å². The van der Waals surface area contributed by atoms with E-state index in [1.165, 1.54) is 12.8 Å². The van der Waals surface area contributed by atoms with Gasteiger partial charge in [0.2, 0.25) is 0 Å². The second-order valence-electron chi connectivity index (χ2n) is 4.83. The topological polar surface area (TPSA) is 48.1 Å². The zero-order valence-corrected chi connectivity index (χ0v) is 10.3. The predicted molar refractivity (Wildman–Crippen MR) is 68.7 cm³/mol. The standard InChI is InChI=1S/C14H22N2O/c15-12(7-9-14-5-3-11-17-14)6-8-13-4-1-2-10-16-13/h1-2,4,10,12,14H,3,5-9,11,15H2. The lowest BCUT2D eigenvalue weighted by atomic mass is 10.0. The predicted octanol–water partition coefficient (Wildman–Crippen LogP) is 2.30. The van der Waals surface area contributed by atoms with Crippen LogP contribution in [0.5, 0.6) is 0 Å². The van der Waals surface area contributed by atoms with Crippen LogP contribution in [0.25, 0.3) is 0 Å². The molecule has 1 fully saturated rings. The first-order valence-electron chi connectivity index (χ1n) is 6.61. The SMILES string of the molecule is NC(CCc1ccccn1)CCC1CCCO1. The zero-order chi connectivity index (χ0) is 11.9. The number of aryl methyl sites for hydroxylation is 1. The molecule has 17 heavy (non-hydrogen) atoms. The van der Waals surface area contributed by atoms with E-state index in [9.17, 15) is 0 Å². The number of aromatic nitrogens is 1. The van der Waals surface area contributed by atoms with Gasteiger partial charge in [-0.2, -0.15) is 0 Å². The molecule has 1 saturated heterocycles. The van der Waals surface area contributed by atoms with Crippen molar-refractivity contribution < 1.29 is 4.74 Å². The van der Waals surface area contributed by atoms with Crippen LogP contribution in [0.15, 0.2) is 24.4 Å². The molecule has 1 aromatic heterocycles. The fourth-order valence-electron chi connectivity index (χ4n) is 2.30. The van der Waals surface area contributed by atoms with E-state index in [0.717, 1.165) is 38.0 Å². The first-order chi connectivity index (χ1) is 8.34. The number of ether oxygens (including phenoxy) is 1. The van der Waals surface area contributed by atoms with E-state index in [1.54, 1.807) is 0 Å². The van der Waals surface area contributed by atoms with Gasteiger partial charge in [-0.05, 0) is 50.7 Å². The van der Waals surface area contributed by atoms with E-state index in [-0.39, 0.29) is 6.04 Å². The Balaban J connectivity index is 1.62. The van der Waals surface area contributed by atoms with Crippen molar-refractivity contribution in [2.75, 3.05) is 6.61 Å². The summed E-state index contributed by atoms with van der Waals surface area (Å²) in [4.78, 5) is 4.31. The Morgan fingerprint density at radius 1 is 1.41 bits per heavy atom. The smallest absolute Gasteiger partial charge is 0.0576 e. The lowest BCUT2D eigenvalue weighted by Crippen LogP contribution is -2.22. The van der Waals surface area contributed by atoms with Crippen LogP contribution in [0.1, 0.15) is 37.8 Å². The van der Waals surface area contributed by atoms with Gasteiger partial charge in [-0.25, -0.2) is 0 Å². The van der Waals surface area contributed by atoms with Crippen LogP contribution >= 0.6 is 0 Å². The molecular formula is C14H22N2O. The molecule has 0 radical (unpaired) electrons. The fourth-order valence-corrected chi connectivity index (χ4v) is 2.30. The Morgan fingerprint density at radius 3 is 3.06 bits per heavy atom. The van der Waals surface area contributed by atoms with E-state index in [4.69, 9.17) is 10.5 Å². The highest BCUT2D eigenvalue weighted by Crippen LogP contribution is 2.18. The van der Waals surface area contributed by atoms with E-state index >= 15 is 0 Å². The van der Waals surface area contributed by atoms with Crippen LogP contribution in [0.4, 0.5) is 0 Å². The van der Waals surface area contributed by atoms with E-state index in [1.807, 2.05) is 18.3 Å². The van der Waals surface area contributed by atoms with Crippen molar-refractivity contribution in [2.45, 2.75) is 50.7 Å². The van der Waals surface area contributed by atoms with Crippen LogP contribution in [0.3, 0.4) is 0 Å². The maximum Gasteiger partial charge on any atom is 0.0576 e. The minimum absolute atomic E-state index is 0.279. The molecule has 1 aliphatic rings. The van der Waals surface area contributed by atoms with E-state index in [0.29, 0.717) is 6.10 Å². The molecule has 2 atom stereocenters. The minimum atomic E-state index is 0.279. The molecular weight excluding hydrogens is 212 g/mol. The Kier molecular flexibility index (Phi) is 4.95. The average molecular weight is 234 g/mol. The highest BCUT2D eigenvalue weighted by atomic mass is 16.5. The molecule has 2 heterocycles. The molecule has 0 aliphatic carbocycles. The molecule has 0 bridgehead atoms. The molecule has 0 spiro atoms. The first-order valence-corrected chi connectivity index (χ1v) is 6.61. The third-order valence-electron chi connectivity index (χ3n) is 3.38. The van der Waals surface area contributed by atoms with Gasteiger partial charge in [-0.1, -0.05) is 6.07 Å². The molecule has 1 aliphatic heterocycles. The molecule has 2 unspecified atom stereocenters. The number of pyridine rings is 1. The summed E-state index contributed by atoms with van der Waals surface area (Å²) in [7, 11) is 0. The van der Waals surface area contributed by atoms with Crippen LogP contribution in [0, 0.1) is 0 Å². The summed E-state index contributed by atoms with van der Waals surface area (Å²) in [5.74, 6) is 0. The van der Waals surface area contributed by atoms with Crippen LogP contribution in [-0.4, -0.2) is 23.7 Å². The Labute approximate surface area is 103 Å². The zero-order valence-electron chi connectivity index (χ0n) is 10.3. The summed E-state index contributed by atoms with van der Waals surface area (Å²) in [5.41, 5.74) is 7.26. The second kappa shape index (κ2) is 6.72. The second-order valence-corrected chi connectivity index (χ2v) is 4.83. The number of nitrogens with two attached hydrogens (primary N) is 1. The average Bonchev–Trinajstić information content (AvgIpc) is 2.88. The number of hydrogen-bond donors (Lipinski definition) is 1. The summed E-state index contributed by atoms with van der Waals surface area (Å²) >= 11 is 0. The molecule has 2 rings (SSSR count). The van der Waals surface area contributed by atoms with E-state index < -0.39 is 0 Å². The number of hydrogen-bond acceptors (Lipinski definition) is 3. The van der Waals surface area contributed by atoms with Gasteiger partial charge in [0.05, 0.1) is 6.10 Å². The summed E-state index contributed by atoms with van der Waals surface area (Å²) in [5, 5.41) is 0. The normalized spacial score (nSPS) is 21.6. The van der Waals surface area contributed by atoms with Gasteiger partial charge < -0.3 is 10.5 Å². The van der Waals surface area contributed by atoms with Crippen LogP contribution in [0.2, 0.25) is 0 Å². The molecule has 3 heteroatoms. The van der Waals surface area contributed by atoms with Crippen molar-refractivity contribution in [3.63, 3.8) is 0 Å². The van der Waals surface area contributed by atoms with Crippen molar-refractivity contribution >= 4 is 0 Å². The van der Waals surface area contributed by atoms with Gasteiger partial charge in [0.25, 0.3) is 0 Å². The minimum Gasteiger partial charge on any atom is -0.378 e. The third kappa shape index (κ3) is 4.44. The molecule has 0 aromatic carbocycles. The van der Waals surface area contributed by atoms with Gasteiger partial charge in [0, 0.05) is 24.5 Å². The van der Waals surface area contributed by atoms with Crippen molar-refractivity contribution in [1.82, 2.24) is 4.98 Å². The molecule has 3 nitrogen and oxygen atoms in total.